The third kappa shape index (κ3) is 3.04. The van der Waals surface area contributed by atoms with Gasteiger partial charge in [-0.2, -0.15) is 0 Å². The van der Waals surface area contributed by atoms with Gasteiger partial charge in [-0.05, 0) is 26.2 Å². The van der Waals surface area contributed by atoms with E-state index >= 15 is 0 Å². The highest BCUT2D eigenvalue weighted by atomic mass is 32.2. The quantitative estimate of drug-likeness (QED) is 0.905. The second-order valence-corrected chi connectivity index (χ2v) is 6.36. The molecule has 4 heteroatoms. The molecule has 19 heavy (non-hydrogen) atoms. The van der Waals surface area contributed by atoms with Crippen molar-refractivity contribution in [3.05, 3.63) is 11.5 Å². The van der Waals surface area contributed by atoms with E-state index in [4.69, 9.17) is 0 Å². The Morgan fingerprint density at radius 2 is 2.00 bits per heavy atom. The molecule has 3 rings (SSSR count). The average Bonchev–Trinajstić information content (AvgIpc) is 2.87. The lowest BCUT2D eigenvalue weighted by atomic mass is 9.78. The molecule has 0 unspecified atom stereocenters. The first-order chi connectivity index (χ1) is 9.20. The van der Waals surface area contributed by atoms with Gasteiger partial charge >= 0.3 is 0 Å². The normalized spacial score (nSPS) is 18.9. The Kier molecular flexibility index (Phi) is 4.71. The minimum Gasteiger partial charge on any atom is -0.364 e. The molecule has 0 atom stereocenters. The van der Waals surface area contributed by atoms with Gasteiger partial charge in [0, 0.05) is 24.1 Å². The van der Waals surface area contributed by atoms with Crippen LogP contribution in [0.5, 0.6) is 0 Å². The zero-order valence-corrected chi connectivity index (χ0v) is 13.4. The molecule has 1 fully saturated rings. The van der Waals surface area contributed by atoms with Crippen LogP contribution < -0.4 is 5.32 Å². The van der Waals surface area contributed by atoms with Crippen molar-refractivity contribution in [3.63, 3.8) is 0 Å². The Bertz CT molecular complexity index is 441. The van der Waals surface area contributed by atoms with Crippen LogP contribution in [0.15, 0.2) is 4.90 Å². The maximum atomic E-state index is 4.69. The number of nitrogens with one attached hydrogen (secondary N) is 1. The summed E-state index contributed by atoms with van der Waals surface area (Å²) in [5.74, 6) is 3.23. The molecule has 0 radical (unpaired) electrons. The number of nitrogens with zero attached hydrogens (tertiary/aromatic N) is 2. The standard InChI is InChI=1S/C13H19N3S.C2H6/c1-3-10-14-9-5-8-17-11(9)12(15-10)16-13(2)6-4-7-13;1-2/h3-8H2,1-2H3,(H,14,15,16);1-2H3. The number of hydrogen-bond donors (Lipinski definition) is 1. The third-order valence-electron chi connectivity index (χ3n) is 3.76. The van der Waals surface area contributed by atoms with Crippen molar-refractivity contribution in [1.82, 2.24) is 9.97 Å². The highest BCUT2D eigenvalue weighted by Gasteiger charge is 2.33. The molecule has 0 saturated heterocycles. The Labute approximate surface area is 121 Å². The first kappa shape index (κ1) is 14.6. The number of thioether (sulfide) groups is 1. The van der Waals surface area contributed by atoms with Crippen LogP contribution in [-0.4, -0.2) is 21.3 Å². The fourth-order valence-corrected chi connectivity index (χ4v) is 3.53. The lowest BCUT2D eigenvalue weighted by molar-refractivity contribution is 0.305. The molecule has 1 aromatic rings. The van der Waals surface area contributed by atoms with Crippen LogP contribution in [0.25, 0.3) is 0 Å². The van der Waals surface area contributed by atoms with Gasteiger partial charge in [-0.25, -0.2) is 9.97 Å². The summed E-state index contributed by atoms with van der Waals surface area (Å²) >= 11 is 1.90. The van der Waals surface area contributed by atoms with Crippen molar-refractivity contribution in [3.8, 4) is 0 Å². The van der Waals surface area contributed by atoms with Crippen molar-refractivity contribution in [1.29, 1.82) is 0 Å². The summed E-state index contributed by atoms with van der Waals surface area (Å²) in [5.41, 5.74) is 1.53. The molecule has 3 nitrogen and oxygen atoms in total. The Morgan fingerprint density at radius 3 is 2.58 bits per heavy atom. The number of rotatable bonds is 3. The molecule has 106 valence electrons. The van der Waals surface area contributed by atoms with Crippen LogP contribution in [0, 0.1) is 0 Å². The molecule has 0 aromatic carbocycles. The predicted molar refractivity (Wildman–Crippen MR) is 83.1 cm³/mol. The highest BCUT2D eigenvalue weighted by molar-refractivity contribution is 7.99. The van der Waals surface area contributed by atoms with Gasteiger partial charge in [-0.15, -0.1) is 11.8 Å². The zero-order valence-electron chi connectivity index (χ0n) is 12.5. The van der Waals surface area contributed by atoms with Gasteiger partial charge in [-0.3, -0.25) is 0 Å². The molecule has 0 amide bonds. The fourth-order valence-electron chi connectivity index (χ4n) is 2.48. The van der Waals surface area contributed by atoms with E-state index in [0.717, 1.165) is 30.2 Å². The molecule has 1 saturated carbocycles. The number of hydrogen-bond acceptors (Lipinski definition) is 4. The summed E-state index contributed by atoms with van der Waals surface area (Å²) < 4.78 is 0. The van der Waals surface area contributed by atoms with E-state index in [0.29, 0.717) is 0 Å². The summed E-state index contributed by atoms with van der Waals surface area (Å²) in [4.78, 5) is 10.6. The van der Waals surface area contributed by atoms with Gasteiger partial charge in [0.15, 0.2) is 0 Å². The maximum absolute atomic E-state index is 4.69. The van der Waals surface area contributed by atoms with E-state index in [2.05, 4.69) is 29.1 Å². The number of fused-ring (bicyclic) bond motifs is 1. The molecular weight excluding hydrogens is 254 g/mol. The van der Waals surface area contributed by atoms with E-state index in [-0.39, 0.29) is 5.54 Å². The molecule has 1 N–H and O–H groups in total. The molecule has 2 aliphatic rings. The summed E-state index contributed by atoms with van der Waals surface area (Å²) in [5, 5.41) is 3.66. The topological polar surface area (TPSA) is 37.8 Å². The third-order valence-corrected chi connectivity index (χ3v) is 4.89. The first-order valence-electron chi connectivity index (χ1n) is 7.51. The monoisotopic (exact) mass is 279 g/mol. The van der Waals surface area contributed by atoms with Crippen molar-refractivity contribution >= 4 is 17.6 Å². The van der Waals surface area contributed by atoms with Crippen LogP contribution in [0.3, 0.4) is 0 Å². The number of anilines is 1. The Balaban J connectivity index is 0.000000637. The largest absolute Gasteiger partial charge is 0.364 e. The van der Waals surface area contributed by atoms with Crippen molar-refractivity contribution < 1.29 is 0 Å². The van der Waals surface area contributed by atoms with Crippen LogP contribution in [0.1, 0.15) is 58.5 Å². The first-order valence-corrected chi connectivity index (χ1v) is 8.49. The van der Waals surface area contributed by atoms with Crippen molar-refractivity contribution in [2.24, 2.45) is 0 Å². The van der Waals surface area contributed by atoms with Gasteiger partial charge in [0.05, 0.1) is 10.6 Å². The molecule has 1 aromatic heterocycles. The lowest BCUT2D eigenvalue weighted by Crippen LogP contribution is -2.42. The summed E-state index contributed by atoms with van der Waals surface area (Å²) in [6, 6.07) is 0. The number of aromatic nitrogens is 2. The molecule has 0 spiro atoms. The zero-order chi connectivity index (χ0) is 13.9. The van der Waals surface area contributed by atoms with Crippen LogP contribution in [0.2, 0.25) is 0 Å². The minimum absolute atomic E-state index is 0.274. The minimum atomic E-state index is 0.274. The molecule has 2 heterocycles. The average molecular weight is 279 g/mol. The summed E-state index contributed by atoms with van der Waals surface area (Å²) in [6.45, 7) is 8.43. The van der Waals surface area contributed by atoms with E-state index in [1.165, 1.54) is 29.9 Å². The van der Waals surface area contributed by atoms with Gasteiger partial charge in [0.25, 0.3) is 0 Å². The molecule has 1 aliphatic carbocycles. The van der Waals surface area contributed by atoms with Crippen LogP contribution in [-0.2, 0) is 12.8 Å². The van der Waals surface area contributed by atoms with Gasteiger partial charge < -0.3 is 5.32 Å². The van der Waals surface area contributed by atoms with E-state index in [1.54, 1.807) is 0 Å². The van der Waals surface area contributed by atoms with Crippen LogP contribution in [0.4, 0.5) is 5.82 Å². The second kappa shape index (κ2) is 6.12. The van der Waals surface area contributed by atoms with Crippen molar-refractivity contribution in [2.45, 2.75) is 70.2 Å². The Morgan fingerprint density at radius 1 is 1.26 bits per heavy atom. The van der Waals surface area contributed by atoms with Crippen molar-refractivity contribution in [2.75, 3.05) is 11.1 Å². The number of aryl methyl sites for hydroxylation is 2. The summed E-state index contributed by atoms with van der Waals surface area (Å²) in [6.07, 6.45) is 5.88. The predicted octanol–water partition coefficient (Wildman–Crippen LogP) is 4.07. The Hall–Kier alpha value is -0.770. The van der Waals surface area contributed by atoms with E-state index in [9.17, 15) is 0 Å². The van der Waals surface area contributed by atoms with E-state index < -0.39 is 0 Å². The van der Waals surface area contributed by atoms with E-state index in [1.807, 2.05) is 25.6 Å². The SMILES string of the molecule is CC.CCc1nc2c(c(NC3(C)CCC3)n1)SCC2. The molecular formula is C15H25N3S. The smallest absolute Gasteiger partial charge is 0.144 e. The highest BCUT2D eigenvalue weighted by Crippen LogP contribution is 2.40. The molecule has 1 aliphatic heterocycles. The fraction of sp³-hybridized carbons (Fsp3) is 0.733. The van der Waals surface area contributed by atoms with Gasteiger partial charge in [-0.1, -0.05) is 20.8 Å². The van der Waals surface area contributed by atoms with Gasteiger partial charge in [0.2, 0.25) is 0 Å². The summed E-state index contributed by atoms with van der Waals surface area (Å²) in [7, 11) is 0. The van der Waals surface area contributed by atoms with Crippen LogP contribution >= 0.6 is 11.8 Å². The maximum Gasteiger partial charge on any atom is 0.144 e. The van der Waals surface area contributed by atoms with Gasteiger partial charge in [0.1, 0.15) is 11.6 Å². The molecule has 0 bridgehead atoms. The lowest BCUT2D eigenvalue weighted by Gasteiger charge is -2.40. The second-order valence-electron chi connectivity index (χ2n) is 5.26.